The summed E-state index contributed by atoms with van der Waals surface area (Å²) in [6.07, 6.45) is 1.36. The van der Waals surface area contributed by atoms with Crippen LogP contribution in [0, 0.1) is 11.3 Å². The number of nitriles is 1. The first kappa shape index (κ1) is 16.2. The first-order valence-electron chi connectivity index (χ1n) is 7.96. The molecule has 0 bridgehead atoms. The summed E-state index contributed by atoms with van der Waals surface area (Å²) in [5.41, 5.74) is 1.26. The molecule has 2 fully saturated rings. The van der Waals surface area contributed by atoms with E-state index in [1.807, 2.05) is 52.0 Å². The van der Waals surface area contributed by atoms with Crippen molar-refractivity contribution in [2.45, 2.75) is 57.7 Å². The Hall–Kier alpha value is -1.64. The van der Waals surface area contributed by atoms with Gasteiger partial charge in [-0.25, -0.2) is 4.39 Å². The average molecular weight is 313 g/mol. The van der Waals surface area contributed by atoms with Gasteiger partial charge in [0.1, 0.15) is 5.73 Å². The lowest BCUT2D eigenvalue weighted by Gasteiger charge is -2.32. The maximum absolute atomic E-state index is 14.6. The Morgan fingerprint density at radius 2 is 1.65 bits per heavy atom. The van der Waals surface area contributed by atoms with Crippen LogP contribution in [-0.2, 0) is 9.31 Å². The average Bonchev–Trinajstić information content (AvgIpc) is 2.66. The monoisotopic (exact) mass is 313 g/mol. The molecule has 1 heterocycles. The van der Waals surface area contributed by atoms with Gasteiger partial charge in [0.2, 0.25) is 0 Å². The molecule has 0 unspecified atom stereocenters. The minimum absolute atomic E-state index is 0.270. The molecule has 3 nitrogen and oxygen atoms in total. The molecule has 1 aliphatic heterocycles. The third kappa shape index (κ3) is 2.82. The van der Waals surface area contributed by atoms with Gasteiger partial charge in [-0.2, -0.15) is 5.26 Å². The zero-order chi connectivity index (χ0) is 16.8. The topological polar surface area (TPSA) is 42.2 Å². The number of hydrogen-bond donors (Lipinski definition) is 0. The van der Waals surface area contributed by atoms with Crippen molar-refractivity contribution < 1.29 is 13.7 Å². The van der Waals surface area contributed by atoms with Crippen LogP contribution in [0.3, 0.4) is 0 Å². The normalized spacial score (nSPS) is 25.0. The van der Waals surface area contributed by atoms with Crippen LogP contribution >= 0.6 is 0 Å². The molecule has 1 saturated heterocycles. The van der Waals surface area contributed by atoms with Gasteiger partial charge in [0.25, 0.3) is 0 Å². The summed E-state index contributed by atoms with van der Waals surface area (Å²) in [5.74, 6) is 0.311. The Kier molecular flexibility index (Phi) is 3.86. The second-order valence-corrected chi connectivity index (χ2v) is 7.38. The van der Waals surface area contributed by atoms with Gasteiger partial charge in [0.15, 0.2) is 0 Å². The van der Waals surface area contributed by atoms with E-state index in [0.717, 1.165) is 11.1 Å². The number of benzene rings is 1. The summed E-state index contributed by atoms with van der Waals surface area (Å²) in [6, 6.07) is 9.62. The van der Waals surface area contributed by atoms with E-state index in [2.05, 4.69) is 6.07 Å². The largest absolute Gasteiger partial charge is 0.525 e. The molecule has 1 aromatic rings. The molecule has 1 saturated carbocycles. The van der Waals surface area contributed by atoms with Crippen molar-refractivity contribution in [2.75, 3.05) is 0 Å². The van der Waals surface area contributed by atoms with E-state index >= 15 is 0 Å². The van der Waals surface area contributed by atoms with Crippen molar-refractivity contribution in [3.8, 4) is 6.07 Å². The molecule has 1 aromatic carbocycles. The lowest BCUT2D eigenvalue weighted by molar-refractivity contribution is 0.00578. The second-order valence-electron chi connectivity index (χ2n) is 7.38. The summed E-state index contributed by atoms with van der Waals surface area (Å²) in [7, 11) is -0.892. The molecule has 1 aliphatic carbocycles. The lowest BCUT2D eigenvalue weighted by atomic mass is 9.70. The quantitative estimate of drug-likeness (QED) is 0.765. The van der Waals surface area contributed by atoms with E-state index in [1.165, 1.54) is 0 Å². The molecular weight excluding hydrogens is 292 g/mol. The van der Waals surface area contributed by atoms with Crippen LogP contribution in [0.5, 0.6) is 0 Å². The Bertz CT molecular complexity index is 664. The number of allylic oxidation sites excluding steroid dienone is 1. The van der Waals surface area contributed by atoms with Crippen LogP contribution < -0.4 is 0 Å². The first-order valence-corrected chi connectivity index (χ1v) is 7.96. The number of hydrogen-bond acceptors (Lipinski definition) is 3. The summed E-state index contributed by atoms with van der Waals surface area (Å²) >= 11 is 0. The van der Waals surface area contributed by atoms with Crippen molar-refractivity contribution >= 4 is 7.12 Å². The van der Waals surface area contributed by atoms with Gasteiger partial charge < -0.3 is 9.31 Å². The number of rotatable bonds is 2. The highest BCUT2D eigenvalue weighted by atomic mass is 19.1. The van der Waals surface area contributed by atoms with Gasteiger partial charge in [0.05, 0.1) is 22.8 Å². The van der Waals surface area contributed by atoms with Crippen LogP contribution in [0.15, 0.2) is 35.6 Å². The minimum Gasteiger partial charge on any atom is -0.398 e. The van der Waals surface area contributed by atoms with Crippen LogP contribution in [0.25, 0.3) is 0 Å². The molecule has 2 aliphatic rings. The maximum Gasteiger partial charge on any atom is 0.525 e. The Balaban J connectivity index is 1.68. The van der Waals surface area contributed by atoms with E-state index in [1.54, 1.807) is 0 Å². The highest BCUT2D eigenvalue weighted by Gasteiger charge is 2.54. The molecule has 5 heteroatoms. The Morgan fingerprint density at radius 1 is 1.13 bits per heavy atom. The van der Waals surface area contributed by atoms with Gasteiger partial charge in [-0.3, -0.25) is 0 Å². The van der Waals surface area contributed by atoms with Gasteiger partial charge in [-0.15, -0.1) is 0 Å². The van der Waals surface area contributed by atoms with Gasteiger partial charge in [-0.1, -0.05) is 12.1 Å². The van der Waals surface area contributed by atoms with Gasteiger partial charge in [0, 0.05) is 0 Å². The van der Waals surface area contributed by atoms with Gasteiger partial charge in [-0.05, 0) is 69.7 Å². The number of halogens is 1. The highest BCUT2D eigenvalue weighted by molar-refractivity contribution is 6.53. The predicted molar refractivity (Wildman–Crippen MR) is 87.3 cm³/mol. The van der Waals surface area contributed by atoms with Crippen molar-refractivity contribution in [1.29, 1.82) is 5.26 Å². The Labute approximate surface area is 137 Å². The molecule has 0 amide bonds. The standard InChI is InChI=1S/C18H21BFNO2/c1-17(2)18(3,4)23-19(22-17)16(20)15-9-14(10-15)13-7-5-12(11-21)6-8-13/h5-8,14H,9-10H2,1-4H3. The van der Waals surface area contributed by atoms with Crippen LogP contribution in [0.2, 0.25) is 0 Å². The number of nitrogens with zero attached hydrogens (tertiary/aromatic N) is 1. The molecule has 0 N–H and O–H groups in total. The summed E-state index contributed by atoms with van der Waals surface area (Å²) in [4.78, 5) is 0. The molecule has 23 heavy (non-hydrogen) atoms. The Morgan fingerprint density at radius 3 is 2.13 bits per heavy atom. The molecule has 0 spiro atoms. The fraction of sp³-hybridized carbons (Fsp3) is 0.500. The van der Waals surface area contributed by atoms with Crippen molar-refractivity contribution in [3.63, 3.8) is 0 Å². The molecule has 0 atom stereocenters. The van der Waals surface area contributed by atoms with E-state index < -0.39 is 18.3 Å². The fourth-order valence-corrected chi connectivity index (χ4v) is 2.91. The van der Waals surface area contributed by atoms with Crippen molar-refractivity contribution in [3.05, 3.63) is 46.7 Å². The summed E-state index contributed by atoms with van der Waals surface area (Å²) < 4.78 is 26.2. The summed E-state index contributed by atoms with van der Waals surface area (Å²) in [6.45, 7) is 7.69. The van der Waals surface area contributed by atoms with Crippen molar-refractivity contribution in [2.24, 2.45) is 0 Å². The second kappa shape index (κ2) is 5.47. The van der Waals surface area contributed by atoms with E-state index in [-0.39, 0.29) is 5.73 Å². The SMILES string of the molecule is CC1(C)OB(C(F)=C2CC(c3ccc(C#N)cc3)C2)OC1(C)C. The molecular formula is C18H21BFNO2. The first-order chi connectivity index (χ1) is 10.7. The summed E-state index contributed by atoms with van der Waals surface area (Å²) in [5, 5.41) is 8.82. The third-order valence-electron chi connectivity index (χ3n) is 5.29. The smallest absolute Gasteiger partial charge is 0.398 e. The van der Waals surface area contributed by atoms with Crippen molar-refractivity contribution in [1.82, 2.24) is 0 Å². The highest BCUT2D eigenvalue weighted by Crippen LogP contribution is 2.46. The molecule has 0 radical (unpaired) electrons. The lowest BCUT2D eigenvalue weighted by Crippen LogP contribution is -2.41. The van der Waals surface area contributed by atoms with E-state index in [4.69, 9.17) is 14.6 Å². The van der Waals surface area contributed by atoms with E-state index in [9.17, 15) is 4.39 Å². The molecule has 120 valence electrons. The third-order valence-corrected chi connectivity index (χ3v) is 5.29. The van der Waals surface area contributed by atoms with Crippen LogP contribution in [-0.4, -0.2) is 18.3 Å². The zero-order valence-corrected chi connectivity index (χ0v) is 14.0. The van der Waals surface area contributed by atoms with Crippen LogP contribution in [0.1, 0.15) is 57.6 Å². The zero-order valence-electron chi connectivity index (χ0n) is 14.0. The molecule has 0 aromatic heterocycles. The van der Waals surface area contributed by atoms with Crippen LogP contribution in [0.4, 0.5) is 4.39 Å². The fourth-order valence-electron chi connectivity index (χ4n) is 2.91. The minimum atomic E-state index is -0.892. The van der Waals surface area contributed by atoms with Gasteiger partial charge >= 0.3 is 7.12 Å². The molecule has 3 rings (SSSR count). The predicted octanol–water partition coefficient (Wildman–Crippen LogP) is 4.29. The maximum atomic E-state index is 14.6. The van der Waals surface area contributed by atoms with E-state index in [0.29, 0.717) is 24.3 Å².